The van der Waals surface area contributed by atoms with Gasteiger partial charge in [-0.05, 0) is 19.4 Å². The summed E-state index contributed by atoms with van der Waals surface area (Å²) in [5, 5.41) is 6.35. The Hall–Kier alpha value is -1.92. The van der Waals surface area contributed by atoms with Crippen molar-refractivity contribution in [3.05, 3.63) is 35.4 Å². The molecule has 1 N–H and O–H groups in total. The van der Waals surface area contributed by atoms with Gasteiger partial charge in [-0.15, -0.1) is 0 Å². The molecule has 1 aromatic carbocycles. The minimum Gasteiger partial charge on any atom is -0.398 e. The fourth-order valence-corrected chi connectivity index (χ4v) is 1.79. The molecule has 0 fully saturated rings. The molecule has 0 aliphatic heterocycles. The van der Waals surface area contributed by atoms with Crippen molar-refractivity contribution in [1.29, 1.82) is 0 Å². The van der Waals surface area contributed by atoms with Crippen LogP contribution < -0.4 is 5.32 Å². The van der Waals surface area contributed by atoms with Crippen LogP contribution >= 0.6 is 0 Å². The summed E-state index contributed by atoms with van der Waals surface area (Å²) in [6.45, 7) is 4.63. The van der Waals surface area contributed by atoms with Gasteiger partial charge in [0.05, 0.1) is 6.61 Å². The van der Waals surface area contributed by atoms with Gasteiger partial charge in [0.1, 0.15) is 7.11 Å². The van der Waals surface area contributed by atoms with Crippen LogP contribution in [0.15, 0.2) is 29.4 Å². The third kappa shape index (κ3) is 5.17. The number of nitrogens with one attached hydrogen (secondary N) is 1. The molecule has 6 nitrogen and oxygen atoms in total. The topological polar surface area (TPSA) is 69.1 Å². The molecular formula is C15H22N2O4. The van der Waals surface area contributed by atoms with Crippen molar-refractivity contribution in [2.24, 2.45) is 5.16 Å². The average molecular weight is 294 g/mol. The van der Waals surface area contributed by atoms with Crippen LogP contribution in [0, 0.1) is 0 Å². The number of carbonyl (C=O) groups is 1. The van der Waals surface area contributed by atoms with Crippen LogP contribution in [-0.4, -0.2) is 38.7 Å². The number of oxime groups is 1. The van der Waals surface area contributed by atoms with Crippen molar-refractivity contribution in [2.75, 3.05) is 20.8 Å². The van der Waals surface area contributed by atoms with E-state index >= 15 is 0 Å². The van der Waals surface area contributed by atoms with Crippen LogP contribution in [0.1, 0.15) is 25.0 Å². The first kappa shape index (κ1) is 17.1. The zero-order valence-electron chi connectivity index (χ0n) is 12.9. The van der Waals surface area contributed by atoms with Gasteiger partial charge in [0.2, 0.25) is 0 Å². The van der Waals surface area contributed by atoms with Crippen molar-refractivity contribution in [3.63, 3.8) is 0 Å². The molecule has 6 heteroatoms. The van der Waals surface area contributed by atoms with E-state index in [1.165, 1.54) is 7.11 Å². The van der Waals surface area contributed by atoms with Gasteiger partial charge in [-0.1, -0.05) is 29.4 Å². The van der Waals surface area contributed by atoms with Crippen LogP contribution in [0.4, 0.5) is 0 Å². The molecule has 0 aliphatic rings. The predicted molar refractivity (Wildman–Crippen MR) is 79.9 cm³/mol. The Bertz CT molecular complexity index is 488. The largest absolute Gasteiger partial charge is 0.398 e. The van der Waals surface area contributed by atoms with Crippen molar-refractivity contribution in [2.45, 2.75) is 26.7 Å². The number of benzene rings is 1. The van der Waals surface area contributed by atoms with Crippen molar-refractivity contribution >= 4 is 11.6 Å². The van der Waals surface area contributed by atoms with Gasteiger partial charge in [0.15, 0.2) is 12.0 Å². The lowest BCUT2D eigenvalue weighted by atomic mass is 10.0. The minimum atomic E-state index is -0.317. The summed E-state index contributed by atoms with van der Waals surface area (Å²) in [6.07, 6.45) is -0.314. The lowest BCUT2D eigenvalue weighted by Crippen LogP contribution is -2.29. The van der Waals surface area contributed by atoms with Crippen LogP contribution in [0.3, 0.4) is 0 Å². The molecular weight excluding hydrogens is 272 g/mol. The summed E-state index contributed by atoms with van der Waals surface area (Å²) < 4.78 is 10.9. The second-order valence-electron chi connectivity index (χ2n) is 4.19. The van der Waals surface area contributed by atoms with Gasteiger partial charge in [0, 0.05) is 19.2 Å². The Kier molecular flexibility index (Phi) is 7.42. The molecule has 0 bridgehead atoms. The Morgan fingerprint density at radius 3 is 2.67 bits per heavy atom. The number of rotatable bonds is 8. The Labute approximate surface area is 125 Å². The minimum absolute atomic E-state index is 0.211. The summed E-state index contributed by atoms with van der Waals surface area (Å²) >= 11 is 0. The third-order valence-corrected chi connectivity index (χ3v) is 2.77. The number of nitrogens with zero attached hydrogens (tertiary/aromatic N) is 1. The summed E-state index contributed by atoms with van der Waals surface area (Å²) in [7, 11) is 2.95. The molecule has 0 spiro atoms. The van der Waals surface area contributed by atoms with E-state index in [0.717, 1.165) is 5.56 Å². The predicted octanol–water partition coefficient (Wildman–Crippen LogP) is 1.68. The quantitative estimate of drug-likeness (QED) is 0.450. The SMILES string of the molecule is CCOC(C)OCc1ccccc1C(=NOC)C(=O)NC. The normalized spacial score (nSPS) is 12.9. The van der Waals surface area contributed by atoms with E-state index in [9.17, 15) is 4.79 Å². The monoisotopic (exact) mass is 294 g/mol. The highest BCUT2D eigenvalue weighted by Crippen LogP contribution is 2.13. The maximum atomic E-state index is 11.9. The smallest absolute Gasteiger partial charge is 0.273 e. The van der Waals surface area contributed by atoms with Gasteiger partial charge >= 0.3 is 0 Å². The number of ether oxygens (including phenoxy) is 2. The number of amides is 1. The molecule has 1 amide bonds. The van der Waals surface area contributed by atoms with E-state index in [4.69, 9.17) is 14.3 Å². The molecule has 1 rings (SSSR count). The molecule has 1 unspecified atom stereocenters. The lowest BCUT2D eigenvalue weighted by molar-refractivity contribution is -0.134. The fourth-order valence-electron chi connectivity index (χ4n) is 1.79. The molecule has 21 heavy (non-hydrogen) atoms. The highest BCUT2D eigenvalue weighted by atomic mass is 16.7. The lowest BCUT2D eigenvalue weighted by Gasteiger charge is -2.15. The summed E-state index contributed by atoms with van der Waals surface area (Å²) in [5.41, 5.74) is 1.72. The van der Waals surface area contributed by atoms with Gasteiger partial charge in [-0.3, -0.25) is 4.79 Å². The second-order valence-corrected chi connectivity index (χ2v) is 4.19. The van der Waals surface area contributed by atoms with Gasteiger partial charge in [-0.2, -0.15) is 0 Å². The number of hydrogen-bond donors (Lipinski definition) is 1. The van der Waals surface area contributed by atoms with Crippen molar-refractivity contribution in [3.8, 4) is 0 Å². The van der Waals surface area contributed by atoms with Crippen molar-refractivity contribution < 1.29 is 19.1 Å². The molecule has 0 aliphatic carbocycles. The third-order valence-electron chi connectivity index (χ3n) is 2.77. The number of likely N-dealkylation sites (N-methyl/N-ethyl adjacent to an activating group) is 1. The second kappa shape index (κ2) is 9.10. The van der Waals surface area contributed by atoms with Gasteiger partial charge in [0.25, 0.3) is 5.91 Å². The Morgan fingerprint density at radius 2 is 2.05 bits per heavy atom. The first-order valence-electron chi connectivity index (χ1n) is 6.78. The van der Waals surface area contributed by atoms with Gasteiger partial charge in [-0.25, -0.2) is 0 Å². The zero-order chi connectivity index (χ0) is 15.7. The molecule has 1 atom stereocenters. The van der Waals surface area contributed by atoms with Crippen LogP contribution in [0.2, 0.25) is 0 Å². The highest BCUT2D eigenvalue weighted by molar-refractivity contribution is 6.45. The number of hydrogen-bond acceptors (Lipinski definition) is 5. The zero-order valence-corrected chi connectivity index (χ0v) is 12.9. The van der Waals surface area contributed by atoms with E-state index in [1.54, 1.807) is 13.1 Å². The van der Waals surface area contributed by atoms with Crippen LogP contribution in [0.25, 0.3) is 0 Å². The van der Waals surface area contributed by atoms with E-state index < -0.39 is 0 Å². The molecule has 0 radical (unpaired) electrons. The summed E-state index contributed by atoms with van der Waals surface area (Å²) in [5.74, 6) is -0.317. The van der Waals surface area contributed by atoms with Crippen LogP contribution in [-0.2, 0) is 25.7 Å². The average Bonchev–Trinajstić information content (AvgIpc) is 2.50. The van der Waals surface area contributed by atoms with Crippen molar-refractivity contribution in [1.82, 2.24) is 5.32 Å². The first-order valence-corrected chi connectivity index (χ1v) is 6.78. The fraction of sp³-hybridized carbons (Fsp3) is 0.467. The van der Waals surface area contributed by atoms with Gasteiger partial charge < -0.3 is 19.6 Å². The molecule has 0 saturated carbocycles. The Morgan fingerprint density at radius 1 is 1.33 bits per heavy atom. The number of carbonyl (C=O) groups excluding carboxylic acids is 1. The molecule has 116 valence electrons. The van der Waals surface area contributed by atoms with E-state index in [-0.39, 0.29) is 17.9 Å². The molecule has 1 aromatic rings. The maximum Gasteiger partial charge on any atom is 0.273 e. The van der Waals surface area contributed by atoms with E-state index in [0.29, 0.717) is 18.8 Å². The highest BCUT2D eigenvalue weighted by Gasteiger charge is 2.17. The summed E-state index contributed by atoms with van der Waals surface area (Å²) in [4.78, 5) is 16.7. The maximum absolute atomic E-state index is 11.9. The van der Waals surface area contributed by atoms with E-state index in [1.807, 2.05) is 32.0 Å². The van der Waals surface area contributed by atoms with Crippen LogP contribution in [0.5, 0.6) is 0 Å². The molecule has 0 saturated heterocycles. The Balaban J connectivity index is 2.96. The molecule has 0 heterocycles. The standard InChI is InChI=1S/C15H22N2O4/c1-5-20-11(2)21-10-12-8-6-7-9-13(12)14(17-19-4)15(18)16-3/h6-9,11H,5,10H2,1-4H3,(H,16,18). The summed E-state index contributed by atoms with van der Waals surface area (Å²) in [6, 6.07) is 7.39. The van der Waals surface area contributed by atoms with E-state index in [2.05, 4.69) is 10.5 Å². The molecule has 0 aromatic heterocycles. The first-order chi connectivity index (χ1) is 10.1.